The zero-order valence-corrected chi connectivity index (χ0v) is 12.4. The van der Waals surface area contributed by atoms with Crippen LogP contribution >= 0.6 is 11.6 Å². The summed E-state index contributed by atoms with van der Waals surface area (Å²) in [5.41, 5.74) is 5.98. The van der Waals surface area contributed by atoms with Gasteiger partial charge in [0.15, 0.2) is 5.82 Å². The smallest absolute Gasteiger partial charge is 0.264 e. The summed E-state index contributed by atoms with van der Waals surface area (Å²) in [7, 11) is -4.24. The van der Waals surface area contributed by atoms with Gasteiger partial charge < -0.3 is 5.73 Å². The lowest BCUT2D eigenvalue weighted by molar-refractivity contribution is 0.570. The second-order valence-corrected chi connectivity index (χ2v) is 6.44. The first-order valence-corrected chi connectivity index (χ1v) is 7.60. The fourth-order valence-electron chi connectivity index (χ4n) is 1.72. The van der Waals surface area contributed by atoms with Gasteiger partial charge in [-0.2, -0.15) is 0 Å². The van der Waals surface area contributed by atoms with Crippen LogP contribution in [0.3, 0.4) is 0 Å². The Labute approximate surface area is 125 Å². The van der Waals surface area contributed by atoms with E-state index in [9.17, 15) is 17.2 Å². The summed E-state index contributed by atoms with van der Waals surface area (Å²) in [6.07, 6.45) is 0. The molecule has 0 fully saturated rings. The van der Waals surface area contributed by atoms with Crippen molar-refractivity contribution in [1.82, 2.24) is 0 Å². The van der Waals surface area contributed by atoms with Crippen LogP contribution in [0.15, 0.2) is 35.2 Å². The molecule has 0 aromatic heterocycles. The maximum absolute atomic E-state index is 13.9. The molecule has 0 spiro atoms. The van der Waals surface area contributed by atoms with E-state index in [4.69, 9.17) is 17.3 Å². The number of benzene rings is 2. The van der Waals surface area contributed by atoms with E-state index in [1.165, 1.54) is 13.0 Å². The molecule has 0 heterocycles. The molecule has 0 atom stereocenters. The third-order valence-corrected chi connectivity index (χ3v) is 4.38. The number of sulfonamides is 1. The van der Waals surface area contributed by atoms with Crippen LogP contribution in [-0.2, 0) is 10.0 Å². The maximum atomic E-state index is 13.9. The summed E-state index contributed by atoms with van der Waals surface area (Å²) in [5.74, 6) is -1.60. The minimum atomic E-state index is -4.24. The second kappa shape index (κ2) is 5.50. The zero-order valence-electron chi connectivity index (χ0n) is 10.8. The lowest BCUT2D eigenvalue weighted by Crippen LogP contribution is -2.16. The summed E-state index contributed by atoms with van der Waals surface area (Å²) in [4.78, 5) is -0.670. The fourth-order valence-corrected chi connectivity index (χ4v) is 3.27. The highest BCUT2D eigenvalue weighted by molar-refractivity contribution is 7.92. The predicted octanol–water partition coefficient (Wildman–Crippen LogP) is 3.31. The van der Waals surface area contributed by atoms with Crippen LogP contribution in [-0.4, -0.2) is 8.42 Å². The summed E-state index contributed by atoms with van der Waals surface area (Å²) < 4.78 is 53.5. The number of halogens is 3. The molecule has 0 saturated heterocycles. The SMILES string of the molecule is Cc1cc(F)ccc1NS(=O)(=O)c1cc(N)cc(Cl)c1F. The Morgan fingerprint density at radius 1 is 1.19 bits per heavy atom. The lowest BCUT2D eigenvalue weighted by Gasteiger charge is -2.12. The van der Waals surface area contributed by atoms with E-state index in [2.05, 4.69) is 4.72 Å². The van der Waals surface area contributed by atoms with E-state index < -0.39 is 31.6 Å². The summed E-state index contributed by atoms with van der Waals surface area (Å²) in [6, 6.07) is 5.56. The standard InChI is InChI=1S/C13H11ClF2N2O2S/c1-7-4-8(15)2-3-11(7)18-21(19,20)12-6-9(17)5-10(14)13(12)16/h2-6,18H,17H2,1H3. The highest BCUT2D eigenvalue weighted by Crippen LogP contribution is 2.28. The van der Waals surface area contributed by atoms with Crippen molar-refractivity contribution in [3.05, 3.63) is 52.6 Å². The third-order valence-electron chi connectivity index (χ3n) is 2.74. The normalized spacial score (nSPS) is 11.4. The highest BCUT2D eigenvalue weighted by atomic mass is 35.5. The van der Waals surface area contributed by atoms with E-state index in [0.29, 0.717) is 5.56 Å². The van der Waals surface area contributed by atoms with Gasteiger partial charge in [-0.15, -0.1) is 0 Å². The largest absolute Gasteiger partial charge is 0.399 e. The summed E-state index contributed by atoms with van der Waals surface area (Å²) in [5, 5.41) is -0.397. The molecule has 112 valence electrons. The van der Waals surface area contributed by atoms with Crippen LogP contribution in [0.5, 0.6) is 0 Å². The van der Waals surface area contributed by atoms with Gasteiger partial charge in [0.05, 0.1) is 10.7 Å². The van der Waals surface area contributed by atoms with Gasteiger partial charge in [-0.25, -0.2) is 17.2 Å². The molecule has 2 rings (SSSR count). The minimum absolute atomic E-state index is 0.0117. The molecule has 3 N–H and O–H groups in total. The average Bonchev–Trinajstić information content (AvgIpc) is 2.37. The Morgan fingerprint density at radius 3 is 2.48 bits per heavy atom. The number of aryl methyl sites for hydroxylation is 1. The van der Waals surface area contributed by atoms with Crippen molar-refractivity contribution in [1.29, 1.82) is 0 Å². The summed E-state index contributed by atoms with van der Waals surface area (Å²) >= 11 is 5.58. The van der Waals surface area contributed by atoms with Gasteiger partial charge >= 0.3 is 0 Å². The number of rotatable bonds is 3. The zero-order chi connectivity index (χ0) is 15.8. The number of hydrogen-bond acceptors (Lipinski definition) is 3. The van der Waals surface area contributed by atoms with Crippen LogP contribution in [0.4, 0.5) is 20.2 Å². The van der Waals surface area contributed by atoms with Crippen LogP contribution < -0.4 is 10.5 Å². The molecule has 0 unspecified atom stereocenters. The molecule has 0 aliphatic heterocycles. The Kier molecular flexibility index (Phi) is 4.06. The molecule has 0 aliphatic rings. The van der Waals surface area contributed by atoms with Gasteiger partial charge in [-0.3, -0.25) is 4.72 Å². The minimum Gasteiger partial charge on any atom is -0.399 e. The first-order valence-electron chi connectivity index (χ1n) is 5.74. The maximum Gasteiger partial charge on any atom is 0.264 e. The Hall–Kier alpha value is -1.86. The first-order chi connectivity index (χ1) is 9.70. The fraction of sp³-hybridized carbons (Fsp3) is 0.0769. The van der Waals surface area contributed by atoms with Gasteiger partial charge in [0.2, 0.25) is 0 Å². The molecular weight excluding hydrogens is 322 g/mol. The van der Waals surface area contributed by atoms with Crippen molar-refractivity contribution in [3.8, 4) is 0 Å². The van der Waals surface area contributed by atoms with Gasteiger partial charge in [0, 0.05) is 5.69 Å². The van der Waals surface area contributed by atoms with Gasteiger partial charge in [-0.1, -0.05) is 11.6 Å². The highest BCUT2D eigenvalue weighted by Gasteiger charge is 2.22. The predicted molar refractivity (Wildman–Crippen MR) is 77.8 cm³/mol. The van der Waals surface area contributed by atoms with Crippen LogP contribution in [0.1, 0.15) is 5.56 Å². The molecule has 21 heavy (non-hydrogen) atoms. The van der Waals surface area contributed by atoms with Crippen molar-refractivity contribution in [3.63, 3.8) is 0 Å². The Balaban J connectivity index is 2.48. The van der Waals surface area contributed by atoms with Crippen LogP contribution in [0, 0.1) is 18.6 Å². The molecule has 2 aromatic rings. The molecular formula is C13H11ClF2N2O2S. The second-order valence-electron chi connectivity index (χ2n) is 4.38. The van der Waals surface area contributed by atoms with E-state index in [-0.39, 0.29) is 11.4 Å². The summed E-state index contributed by atoms with van der Waals surface area (Å²) in [6.45, 7) is 1.52. The van der Waals surface area contributed by atoms with Crippen LogP contribution in [0.2, 0.25) is 5.02 Å². The Morgan fingerprint density at radius 2 is 1.86 bits per heavy atom. The van der Waals surface area contributed by atoms with Gasteiger partial charge in [0.25, 0.3) is 10.0 Å². The molecule has 0 bridgehead atoms. The number of hydrogen-bond donors (Lipinski definition) is 2. The third kappa shape index (κ3) is 3.25. The monoisotopic (exact) mass is 332 g/mol. The molecule has 0 amide bonds. The molecule has 2 aromatic carbocycles. The van der Waals surface area contributed by atoms with E-state index in [1.807, 2.05) is 0 Å². The lowest BCUT2D eigenvalue weighted by atomic mass is 10.2. The topological polar surface area (TPSA) is 72.2 Å². The van der Waals surface area contributed by atoms with Crippen molar-refractivity contribution in [2.24, 2.45) is 0 Å². The number of nitrogens with two attached hydrogens (primary N) is 1. The van der Waals surface area contributed by atoms with E-state index in [0.717, 1.165) is 24.3 Å². The average molecular weight is 333 g/mol. The van der Waals surface area contributed by atoms with Crippen molar-refractivity contribution < 1.29 is 17.2 Å². The number of nitrogen functional groups attached to an aromatic ring is 1. The van der Waals surface area contributed by atoms with Crippen molar-refractivity contribution in [2.45, 2.75) is 11.8 Å². The Bertz CT molecular complexity index is 810. The quantitative estimate of drug-likeness (QED) is 0.847. The molecule has 0 radical (unpaired) electrons. The van der Waals surface area contributed by atoms with E-state index in [1.54, 1.807) is 0 Å². The number of anilines is 2. The van der Waals surface area contributed by atoms with E-state index >= 15 is 0 Å². The molecule has 0 saturated carbocycles. The van der Waals surface area contributed by atoms with Crippen molar-refractivity contribution in [2.75, 3.05) is 10.5 Å². The number of nitrogens with one attached hydrogen (secondary N) is 1. The molecule has 0 aliphatic carbocycles. The van der Waals surface area contributed by atoms with Crippen LogP contribution in [0.25, 0.3) is 0 Å². The molecule has 8 heteroatoms. The molecule has 4 nitrogen and oxygen atoms in total. The van der Waals surface area contributed by atoms with Crippen molar-refractivity contribution >= 4 is 33.0 Å². The first kappa shape index (κ1) is 15.5. The van der Waals surface area contributed by atoms with Gasteiger partial charge in [-0.05, 0) is 42.8 Å². The van der Waals surface area contributed by atoms with Gasteiger partial charge in [0.1, 0.15) is 10.7 Å².